The van der Waals surface area contributed by atoms with Crippen LogP contribution in [0.1, 0.15) is 30.7 Å². The number of H-pyrrole nitrogens is 1. The number of amidine groups is 1. The van der Waals surface area contributed by atoms with Crippen molar-refractivity contribution in [3.05, 3.63) is 65.4 Å². The number of aryl methyl sites for hydroxylation is 1. The zero-order valence-electron chi connectivity index (χ0n) is 16.7. The third-order valence-corrected chi connectivity index (χ3v) is 4.68. The number of rotatable bonds is 5. The Hall–Kier alpha value is -3.74. The van der Waals surface area contributed by atoms with Gasteiger partial charge < -0.3 is 16.1 Å². The molecule has 3 aromatic rings. The zero-order valence-corrected chi connectivity index (χ0v) is 16.7. The van der Waals surface area contributed by atoms with E-state index in [0.29, 0.717) is 17.2 Å². The minimum Gasteiger partial charge on any atom is -0.351 e. The number of carbonyl (C=O) groups excluding carboxylic acids is 1. The lowest BCUT2D eigenvalue weighted by atomic mass is 10.0. The molecule has 1 aromatic heterocycles. The van der Waals surface area contributed by atoms with E-state index in [-0.39, 0.29) is 11.9 Å². The predicted molar refractivity (Wildman–Crippen MR) is 115 cm³/mol. The Labute approximate surface area is 169 Å². The fourth-order valence-electron chi connectivity index (χ4n) is 3.21. The highest BCUT2D eigenvalue weighted by atomic mass is 16.2. The van der Waals surface area contributed by atoms with Crippen molar-refractivity contribution in [1.82, 2.24) is 14.9 Å². The summed E-state index contributed by atoms with van der Waals surface area (Å²) < 4.78 is 0. The molecule has 0 bridgehead atoms. The van der Waals surface area contributed by atoms with Gasteiger partial charge in [0.25, 0.3) is 0 Å². The Kier molecular flexibility index (Phi) is 5.59. The van der Waals surface area contributed by atoms with Crippen LogP contribution in [-0.2, 0) is 0 Å². The van der Waals surface area contributed by atoms with Crippen LogP contribution >= 0.6 is 0 Å². The minimum absolute atomic E-state index is 0.0361. The summed E-state index contributed by atoms with van der Waals surface area (Å²) >= 11 is 0. The summed E-state index contributed by atoms with van der Waals surface area (Å²) in [5, 5.41) is 16.2. The number of nitrogens with one attached hydrogen (secondary N) is 3. The second kappa shape index (κ2) is 8.10. The molecule has 0 radical (unpaired) electrons. The molecule has 0 aliphatic carbocycles. The van der Waals surface area contributed by atoms with E-state index in [4.69, 9.17) is 21.5 Å². The molecule has 0 aliphatic rings. The van der Waals surface area contributed by atoms with Crippen LogP contribution in [0.3, 0.4) is 0 Å². The average molecular weight is 388 g/mol. The van der Waals surface area contributed by atoms with Crippen molar-refractivity contribution in [2.45, 2.75) is 26.8 Å². The molecule has 7 heteroatoms. The minimum atomic E-state index is -0.692. The quantitative estimate of drug-likeness (QED) is 0.387. The molecule has 7 nitrogen and oxygen atoms in total. The molecule has 0 atom stereocenters. The number of hydrogen-bond donors (Lipinski definition) is 4. The van der Waals surface area contributed by atoms with Gasteiger partial charge in [-0.15, -0.1) is 0 Å². The Morgan fingerprint density at radius 3 is 2.41 bits per heavy atom. The average Bonchev–Trinajstić information content (AvgIpc) is 3.13. The van der Waals surface area contributed by atoms with Gasteiger partial charge in [-0.3, -0.25) is 10.3 Å². The van der Waals surface area contributed by atoms with Crippen LogP contribution in [0.2, 0.25) is 0 Å². The third kappa shape index (κ3) is 3.94. The molecule has 0 saturated carbocycles. The van der Waals surface area contributed by atoms with Crippen molar-refractivity contribution in [3.63, 3.8) is 0 Å². The lowest BCUT2D eigenvalue weighted by Gasteiger charge is -2.24. The molecule has 5 N–H and O–H groups in total. The number of nitrogens with two attached hydrogens (primary N) is 1. The SMILES string of the molecule is Cc1cc(-c2nc(-c3ccccc3)[nH]c2C(=N)N(C(N)=O)C(C)C)ccc1C=N. The van der Waals surface area contributed by atoms with Crippen molar-refractivity contribution in [2.24, 2.45) is 5.73 Å². The summed E-state index contributed by atoms with van der Waals surface area (Å²) in [6, 6.07) is 14.2. The molecule has 0 unspecified atom stereocenters. The Morgan fingerprint density at radius 1 is 1.17 bits per heavy atom. The topological polar surface area (TPSA) is 123 Å². The van der Waals surface area contributed by atoms with E-state index in [1.807, 2.05) is 55.5 Å². The van der Waals surface area contributed by atoms with Gasteiger partial charge in [0.05, 0.1) is 0 Å². The van der Waals surface area contributed by atoms with Crippen LogP contribution in [0.15, 0.2) is 48.5 Å². The fraction of sp³-hybridized carbons (Fsp3) is 0.182. The molecule has 0 fully saturated rings. The smallest absolute Gasteiger partial charge is 0.320 e. The number of hydrogen-bond acceptors (Lipinski definition) is 4. The normalized spacial score (nSPS) is 10.8. The maximum absolute atomic E-state index is 12.0. The van der Waals surface area contributed by atoms with Crippen molar-refractivity contribution in [3.8, 4) is 22.6 Å². The van der Waals surface area contributed by atoms with Crippen LogP contribution < -0.4 is 5.73 Å². The summed E-state index contributed by atoms with van der Waals surface area (Å²) in [6.45, 7) is 5.52. The molecule has 148 valence electrons. The molecule has 0 spiro atoms. The van der Waals surface area contributed by atoms with Crippen LogP contribution in [0.25, 0.3) is 22.6 Å². The summed E-state index contributed by atoms with van der Waals surface area (Å²) in [4.78, 5) is 21.1. The van der Waals surface area contributed by atoms with Crippen molar-refractivity contribution >= 4 is 18.1 Å². The highest BCUT2D eigenvalue weighted by Crippen LogP contribution is 2.28. The van der Waals surface area contributed by atoms with Crippen LogP contribution in [0.5, 0.6) is 0 Å². The number of benzene rings is 2. The van der Waals surface area contributed by atoms with E-state index in [9.17, 15) is 4.79 Å². The van der Waals surface area contributed by atoms with Gasteiger partial charge in [0.15, 0.2) is 5.84 Å². The van der Waals surface area contributed by atoms with Crippen molar-refractivity contribution in [2.75, 3.05) is 0 Å². The fourth-order valence-corrected chi connectivity index (χ4v) is 3.21. The van der Waals surface area contributed by atoms with E-state index >= 15 is 0 Å². The molecule has 1 heterocycles. The van der Waals surface area contributed by atoms with Gasteiger partial charge in [0.2, 0.25) is 0 Å². The van der Waals surface area contributed by atoms with Gasteiger partial charge in [-0.05, 0) is 38.0 Å². The molecule has 3 rings (SSSR count). The monoisotopic (exact) mass is 388 g/mol. The van der Waals surface area contributed by atoms with Crippen LogP contribution in [0.4, 0.5) is 4.79 Å². The maximum atomic E-state index is 12.0. The first kappa shape index (κ1) is 20.0. The molecule has 29 heavy (non-hydrogen) atoms. The molecule has 2 amide bonds. The Balaban J connectivity index is 2.19. The van der Waals surface area contributed by atoms with Crippen molar-refractivity contribution in [1.29, 1.82) is 10.8 Å². The molecular weight excluding hydrogens is 364 g/mol. The predicted octanol–water partition coefficient (Wildman–Crippen LogP) is 4.16. The number of imidazole rings is 1. The summed E-state index contributed by atoms with van der Waals surface area (Å²) in [6.07, 6.45) is 1.30. The van der Waals surface area contributed by atoms with Gasteiger partial charge in [0, 0.05) is 23.4 Å². The van der Waals surface area contributed by atoms with E-state index in [2.05, 4.69) is 4.98 Å². The van der Waals surface area contributed by atoms with Crippen molar-refractivity contribution < 1.29 is 4.79 Å². The highest BCUT2D eigenvalue weighted by molar-refractivity contribution is 6.08. The number of aromatic nitrogens is 2. The first-order valence-corrected chi connectivity index (χ1v) is 9.28. The number of carbonyl (C=O) groups is 1. The molecular formula is C22H24N6O. The summed E-state index contributed by atoms with van der Waals surface area (Å²) in [5.74, 6) is 0.563. The van der Waals surface area contributed by atoms with Gasteiger partial charge in [-0.25, -0.2) is 9.78 Å². The first-order valence-electron chi connectivity index (χ1n) is 9.28. The standard InChI is InChI=1S/C22H24N6O/c1-13(2)28(22(25)29)20(24)19-18(16-9-10-17(12-23)14(3)11-16)26-21(27-19)15-7-5-4-6-8-15/h4-13,23-24H,1-3H3,(H2,25,29)(H,26,27). The molecule has 2 aromatic carbocycles. The summed E-state index contributed by atoms with van der Waals surface area (Å²) in [7, 11) is 0. The van der Waals surface area contributed by atoms with Crippen LogP contribution in [0, 0.1) is 17.7 Å². The second-order valence-electron chi connectivity index (χ2n) is 7.04. The second-order valence-corrected chi connectivity index (χ2v) is 7.04. The Bertz CT molecular complexity index is 1070. The van der Waals surface area contributed by atoms with Gasteiger partial charge in [-0.1, -0.05) is 42.5 Å². The number of urea groups is 1. The van der Waals surface area contributed by atoms with E-state index < -0.39 is 6.03 Å². The molecule has 0 saturated heterocycles. The maximum Gasteiger partial charge on any atom is 0.320 e. The Morgan fingerprint density at radius 2 is 1.86 bits per heavy atom. The van der Waals surface area contributed by atoms with Gasteiger partial charge in [-0.2, -0.15) is 0 Å². The summed E-state index contributed by atoms with van der Waals surface area (Å²) in [5.41, 5.74) is 9.90. The third-order valence-electron chi connectivity index (χ3n) is 4.68. The van der Waals surface area contributed by atoms with Gasteiger partial charge >= 0.3 is 6.03 Å². The number of primary amides is 1. The largest absolute Gasteiger partial charge is 0.351 e. The molecule has 0 aliphatic heterocycles. The lowest BCUT2D eigenvalue weighted by molar-refractivity contribution is 0.222. The van der Waals surface area contributed by atoms with E-state index in [1.165, 1.54) is 11.1 Å². The van der Waals surface area contributed by atoms with Crippen LogP contribution in [-0.4, -0.2) is 39.0 Å². The van der Waals surface area contributed by atoms with E-state index in [0.717, 1.165) is 22.3 Å². The highest BCUT2D eigenvalue weighted by Gasteiger charge is 2.26. The number of nitrogens with zero attached hydrogens (tertiary/aromatic N) is 2. The zero-order chi connectivity index (χ0) is 21.1. The number of aromatic amines is 1. The number of amides is 2. The first-order chi connectivity index (χ1) is 13.8. The van der Waals surface area contributed by atoms with E-state index in [1.54, 1.807) is 13.8 Å². The lowest BCUT2D eigenvalue weighted by Crippen LogP contribution is -2.45. The van der Waals surface area contributed by atoms with Gasteiger partial charge in [0.1, 0.15) is 17.2 Å².